The van der Waals surface area contributed by atoms with Crippen LogP contribution < -0.4 is 5.32 Å². The second-order valence-electron chi connectivity index (χ2n) is 5.87. The number of hydrogen-bond donors (Lipinski definition) is 1. The number of likely N-dealkylation sites (tertiary alicyclic amines) is 1. The molecule has 2 rings (SSSR count). The maximum absolute atomic E-state index is 11.8. The Morgan fingerprint density at radius 2 is 2.11 bits per heavy atom. The molecule has 0 bridgehead atoms. The summed E-state index contributed by atoms with van der Waals surface area (Å²) in [5, 5.41) is 3.41. The fraction of sp³-hybridized carbons (Fsp3) is 0.933. The molecule has 0 saturated carbocycles. The SMILES string of the molecule is CCOC(=O)C1CCCN(CCC2CCNCC2)C1. The summed E-state index contributed by atoms with van der Waals surface area (Å²) in [6, 6.07) is 0. The molecule has 2 fully saturated rings. The summed E-state index contributed by atoms with van der Waals surface area (Å²) in [5.74, 6) is 1.00. The Balaban J connectivity index is 1.69. The molecule has 2 saturated heterocycles. The third-order valence-corrected chi connectivity index (χ3v) is 4.44. The van der Waals surface area contributed by atoms with Gasteiger partial charge in [-0.1, -0.05) is 0 Å². The van der Waals surface area contributed by atoms with E-state index in [0.29, 0.717) is 6.61 Å². The van der Waals surface area contributed by atoms with Gasteiger partial charge in [-0.2, -0.15) is 0 Å². The van der Waals surface area contributed by atoms with Crippen molar-refractivity contribution in [2.24, 2.45) is 11.8 Å². The topological polar surface area (TPSA) is 41.6 Å². The lowest BCUT2D eigenvalue weighted by molar-refractivity contribution is -0.149. The highest BCUT2D eigenvalue weighted by Gasteiger charge is 2.27. The lowest BCUT2D eigenvalue weighted by Gasteiger charge is -2.33. The molecule has 0 aromatic heterocycles. The van der Waals surface area contributed by atoms with Crippen LogP contribution in [0.4, 0.5) is 0 Å². The normalized spacial score (nSPS) is 26.3. The van der Waals surface area contributed by atoms with Gasteiger partial charge in [-0.3, -0.25) is 4.79 Å². The molecular formula is C15H28N2O2. The van der Waals surface area contributed by atoms with Gasteiger partial charge in [-0.05, 0) is 71.1 Å². The first-order chi connectivity index (χ1) is 9.29. The van der Waals surface area contributed by atoms with Crippen molar-refractivity contribution >= 4 is 5.97 Å². The van der Waals surface area contributed by atoms with E-state index in [1.165, 1.54) is 32.4 Å². The molecule has 110 valence electrons. The minimum atomic E-state index is 0.00839. The number of carbonyl (C=O) groups excluding carboxylic acids is 1. The Morgan fingerprint density at radius 1 is 1.32 bits per heavy atom. The highest BCUT2D eigenvalue weighted by Crippen LogP contribution is 2.21. The maximum Gasteiger partial charge on any atom is 0.310 e. The molecule has 1 unspecified atom stereocenters. The Labute approximate surface area is 116 Å². The van der Waals surface area contributed by atoms with Crippen LogP contribution in [0.2, 0.25) is 0 Å². The number of hydrogen-bond acceptors (Lipinski definition) is 4. The summed E-state index contributed by atoms with van der Waals surface area (Å²) in [6.45, 7) is 7.96. The molecule has 2 aliphatic rings. The van der Waals surface area contributed by atoms with Crippen LogP contribution in [-0.4, -0.2) is 50.2 Å². The number of nitrogens with zero attached hydrogens (tertiary/aromatic N) is 1. The third kappa shape index (κ3) is 4.77. The van der Waals surface area contributed by atoms with Gasteiger partial charge in [-0.25, -0.2) is 0 Å². The van der Waals surface area contributed by atoms with E-state index >= 15 is 0 Å². The zero-order valence-corrected chi connectivity index (χ0v) is 12.2. The van der Waals surface area contributed by atoms with Crippen molar-refractivity contribution in [1.82, 2.24) is 10.2 Å². The summed E-state index contributed by atoms with van der Waals surface area (Å²) in [5.41, 5.74) is 0. The van der Waals surface area contributed by atoms with Crippen LogP contribution in [0.1, 0.15) is 39.0 Å². The summed E-state index contributed by atoms with van der Waals surface area (Å²) in [7, 11) is 0. The highest BCUT2D eigenvalue weighted by molar-refractivity contribution is 5.72. The van der Waals surface area contributed by atoms with Crippen LogP contribution in [0.3, 0.4) is 0 Å². The standard InChI is InChI=1S/C15H28N2O2/c1-2-19-15(18)14-4-3-10-17(12-14)11-7-13-5-8-16-9-6-13/h13-14,16H,2-12H2,1H3. The second kappa shape index (κ2) is 7.85. The zero-order chi connectivity index (χ0) is 13.5. The summed E-state index contributed by atoms with van der Waals surface area (Å²) in [6.07, 6.45) is 6.06. The van der Waals surface area contributed by atoms with Crippen molar-refractivity contribution in [1.29, 1.82) is 0 Å². The summed E-state index contributed by atoms with van der Waals surface area (Å²) >= 11 is 0. The van der Waals surface area contributed by atoms with Crippen molar-refractivity contribution in [2.75, 3.05) is 39.3 Å². The van der Waals surface area contributed by atoms with Crippen LogP contribution in [0.25, 0.3) is 0 Å². The second-order valence-corrected chi connectivity index (χ2v) is 5.87. The van der Waals surface area contributed by atoms with Crippen LogP contribution in [0.5, 0.6) is 0 Å². The maximum atomic E-state index is 11.8. The zero-order valence-electron chi connectivity index (χ0n) is 12.2. The minimum absolute atomic E-state index is 0.00839. The molecule has 0 spiro atoms. The van der Waals surface area contributed by atoms with Gasteiger partial charge >= 0.3 is 5.97 Å². The van der Waals surface area contributed by atoms with E-state index < -0.39 is 0 Å². The molecular weight excluding hydrogens is 240 g/mol. The van der Waals surface area contributed by atoms with E-state index in [-0.39, 0.29) is 11.9 Å². The molecule has 2 heterocycles. The number of rotatable bonds is 5. The van der Waals surface area contributed by atoms with E-state index in [1.807, 2.05) is 6.92 Å². The van der Waals surface area contributed by atoms with E-state index in [4.69, 9.17) is 4.74 Å². The first-order valence-corrected chi connectivity index (χ1v) is 7.89. The van der Waals surface area contributed by atoms with E-state index in [1.54, 1.807) is 0 Å². The predicted octanol–water partition coefficient (Wildman–Crippen LogP) is 1.65. The van der Waals surface area contributed by atoms with Crippen LogP contribution in [0, 0.1) is 11.8 Å². The van der Waals surface area contributed by atoms with Gasteiger partial charge in [0, 0.05) is 6.54 Å². The summed E-state index contributed by atoms with van der Waals surface area (Å²) in [4.78, 5) is 14.3. The fourth-order valence-electron chi connectivity index (χ4n) is 3.25. The lowest BCUT2D eigenvalue weighted by atomic mass is 9.93. The number of nitrogens with one attached hydrogen (secondary N) is 1. The Morgan fingerprint density at radius 3 is 2.84 bits per heavy atom. The first kappa shape index (κ1) is 14.8. The van der Waals surface area contributed by atoms with Gasteiger partial charge in [-0.15, -0.1) is 0 Å². The molecule has 4 nitrogen and oxygen atoms in total. The van der Waals surface area contributed by atoms with E-state index in [9.17, 15) is 4.79 Å². The number of ether oxygens (including phenoxy) is 1. The molecule has 0 aromatic carbocycles. The van der Waals surface area contributed by atoms with Crippen molar-refractivity contribution < 1.29 is 9.53 Å². The molecule has 0 radical (unpaired) electrons. The van der Waals surface area contributed by atoms with Crippen LogP contribution in [0.15, 0.2) is 0 Å². The summed E-state index contributed by atoms with van der Waals surface area (Å²) < 4.78 is 5.15. The van der Waals surface area contributed by atoms with Crippen molar-refractivity contribution in [3.05, 3.63) is 0 Å². The molecule has 4 heteroatoms. The van der Waals surface area contributed by atoms with E-state index in [2.05, 4.69) is 10.2 Å². The van der Waals surface area contributed by atoms with Gasteiger partial charge in [0.15, 0.2) is 0 Å². The molecule has 0 amide bonds. The minimum Gasteiger partial charge on any atom is -0.466 e. The van der Waals surface area contributed by atoms with E-state index in [0.717, 1.165) is 38.4 Å². The number of carbonyl (C=O) groups is 1. The van der Waals surface area contributed by atoms with Crippen LogP contribution in [-0.2, 0) is 9.53 Å². The highest BCUT2D eigenvalue weighted by atomic mass is 16.5. The first-order valence-electron chi connectivity index (χ1n) is 7.89. The third-order valence-electron chi connectivity index (χ3n) is 4.44. The Hall–Kier alpha value is -0.610. The molecule has 1 N–H and O–H groups in total. The number of piperidine rings is 2. The van der Waals surface area contributed by atoms with Crippen molar-refractivity contribution in [3.63, 3.8) is 0 Å². The fourth-order valence-corrected chi connectivity index (χ4v) is 3.25. The molecule has 0 aromatic rings. The molecule has 1 atom stereocenters. The lowest BCUT2D eigenvalue weighted by Crippen LogP contribution is -2.40. The van der Waals surface area contributed by atoms with Crippen molar-refractivity contribution in [2.45, 2.75) is 39.0 Å². The molecule has 0 aliphatic carbocycles. The Bertz CT molecular complexity index is 277. The average Bonchev–Trinajstić information content (AvgIpc) is 2.47. The van der Waals surface area contributed by atoms with Gasteiger partial charge in [0.1, 0.15) is 0 Å². The molecule has 2 aliphatic heterocycles. The van der Waals surface area contributed by atoms with Crippen LogP contribution >= 0.6 is 0 Å². The Kier molecular flexibility index (Phi) is 6.11. The van der Waals surface area contributed by atoms with Gasteiger partial charge in [0.2, 0.25) is 0 Å². The quantitative estimate of drug-likeness (QED) is 0.770. The van der Waals surface area contributed by atoms with Gasteiger partial charge in [0.05, 0.1) is 12.5 Å². The van der Waals surface area contributed by atoms with Gasteiger partial charge in [0.25, 0.3) is 0 Å². The van der Waals surface area contributed by atoms with Gasteiger partial charge < -0.3 is 15.0 Å². The molecule has 19 heavy (non-hydrogen) atoms. The smallest absolute Gasteiger partial charge is 0.310 e. The number of esters is 1. The predicted molar refractivity (Wildman–Crippen MR) is 76.0 cm³/mol. The largest absolute Gasteiger partial charge is 0.466 e. The van der Waals surface area contributed by atoms with Crippen molar-refractivity contribution in [3.8, 4) is 0 Å². The monoisotopic (exact) mass is 268 g/mol. The average molecular weight is 268 g/mol.